The molecule has 8 nitrogen and oxygen atoms in total. The Morgan fingerprint density at radius 3 is 2.38 bits per heavy atom. The second-order valence-electron chi connectivity index (χ2n) is 7.85. The Morgan fingerprint density at radius 1 is 0.912 bits per heavy atom. The number of rotatable bonds is 4. The van der Waals surface area contributed by atoms with Gasteiger partial charge < -0.3 is 9.47 Å². The molecule has 4 aromatic rings. The predicted octanol–water partition coefficient (Wildman–Crippen LogP) is 3.45. The summed E-state index contributed by atoms with van der Waals surface area (Å²) in [5.74, 6) is 0.0373. The average molecular weight is 454 g/mol. The monoisotopic (exact) mass is 454 g/mol. The van der Waals surface area contributed by atoms with Crippen LogP contribution in [0.15, 0.2) is 85.1 Å². The Labute approximate surface area is 196 Å². The molecule has 34 heavy (non-hydrogen) atoms. The first kappa shape index (κ1) is 21.3. The van der Waals surface area contributed by atoms with E-state index in [0.29, 0.717) is 22.8 Å². The first-order valence-electron chi connectivity index (χ1n) is 10.8. The number of nitrogens with zero attached hydrogens (tertiary/aromatic N) is 2. The summed E-state index contributed by atoms with van der Waals surface area (Å²) in [7, 11) is 0. The summed E-state index contributed by atoms with van der Waals surface area (Å²) in [5.41, 5.74) is 8.45. The number of aryl methyl sites for hydroxylation is 1. The summed E-state index contributed by atoms with van der Waals surface area (Å²) in [6.07, 6.45) is 0.754. The number of fused-ring (bicyclic) bond motifs is 1. The fourth-order valence-corrected chi connectivity index (χ4v) is 3.59. The van der Waals surface area contributed by atoms with Crippen LogP contribution < -0.4 is 20.3 Å². The molecule has 0 saturated carbocycles. The number of carbonyl (C=O) groups excluding carboxylic acids is 2. The number of nitrogens with one attached hydrogen (secondary N) is 2. The number of hydrogen-bond acceptors (Lipinski definition) is 5. The highest BCUT2D eigenvalue weighted by atomic mass is 16.6. The molecule has 0 saturated heterocycles. The molecule has 8 heteroatoms. The van der Waals surface area contributed by atoms with Crippen molar-refractivity contribution in [3.8, 4) is 28.4 Å². The van der Waals surface area contributed by atoms with Gasteiger partial charge in [-0.15, -0.1) is 0 Å². The molecule has 2 heterocycles. The van der Waals surface area contributed by atoms with Crippen molar-refractivity contribution in [2.45, 2.75) is 13.0 Å². The lowest BCUT2D eigenvalue weighted by Gasteiger charge is -2.25. The van der Waals surface area contributed by atoms with Crippen molar-refractivity contribution < 1.29 is 19.1 Å². The number of amides is 2. The van der Waals surface area contributed by atoms with Crippen molar-refractivity contribution >= 4 is 11.8 Å². The SMILES string of the molecule is Cc1ccc(-n2cc(C(=O)NNC(=O)C3COc4ccccc4O3)c(-c3ccccc3)n2)cc1. The Balaban J connectivity index is 1.34. The zero-order valence-corrected chi connectivity index (χ0v) is 18.4. The molecule has 2 amide bonds. The van der Waals surface area contributed by atoms with Crippen LogP contribution in [0.5, 0.6) is 11.5 Å². The van der Waals surface area contributed by atoms with Gasteiger partial charge in [-0.1, -0.05) is 60.2 Å². The van der Waals surface area contributed by atoms with Crippen LogP contribution in [-0.2, 0) is 4.79 Å². The van der Waals surface area contributed by atoms with E-state index in [4.69, 9.17) is 9.47 Å². The normalized spacial score (nSPS) is 14.3. The first-order valence-corrected chi connectivity index (χ1v) is 10.8. The number of carbonyl (C=O) groups is 2. The highest BCUT2D eigenvalue weighted by Crippen LogP contribution is 2.30. The Hall–Kier alpha value is -4.59. The van der Waals surface area contributed by atoms with E-state index < -0.39 is 17.9 Å². The molecular formula is C26H22N4O4. The van der Waals surface area contributed by atoms with E-state index in [2.05, 4.69) is 16.0 Å². The maximum Gasteiger partial charge on any atom is 0.283 e. The number of benzene rings is 3. The van der Waals surface area contributed by atoms with E-state index in [0.717, 1.165) is 16.8 Å². The molecule has 0 aliphatic carbocycles. The zero-order chi connectivity index (χ0) is 23.5. The molecule has 0 fully saturated rings. The van der Waals surface area contributed by atoms with Gasteiger partial charge in [-0.05, 0) is 31.2 Å². The van der Waals surface area contributed by atoms with E-state index in [1.54, 1.807) is 29.1 Å². The van der Waals surface area contributed by atoms with Crippen LogP contribution in [-0.4, -0.2) is 34.3 Å². The quantitative estimate of drug-likeness (QED) is 0.461. The first-order chi connectivity index (χ1) is 16.6. The standard InChI is InChI=1S/C26H22N4O4/c1-17-11-13-19(14-12-17)30-15-20(24(29-30)18-7-3-2-4-8-18)25(31)27-28-26(32)23-16-33-21-9-5-6-10-22(21)34-23/h2-15,23H,16H2,1H3,(H,27,31)(H,28,32). The van der Waals surface area contributed by atoms with Crippen molar-refractivity contribution in [2.24, 2.45) is 0 Å². The lowest BCUT2D eigenvalue weighted by Crippen LogP contribution is -2.50. The maximum absolute atomic E-state index is 13.1. The van der Waals surface area contributed by atoms with E-state index >= 15 is 0 Å². The molecule has 1 unspecified atom stereocenters. The van der Waals surface area contributed by atoms with Crippen LogP contribution >= 0.6 is 0 Å². The van der Waals surface area contributed by atoms with Crippen LogP contribution in [0.1, 0.15) is 15.9 Å². The Kier molecular flexibility index (Phi) is 5.70. The van der Waals surface area contributed by atoms with E-state index in [9.17, 15) is 9.59 Å². The minimum absolute atomic E-state index is 0.0410. The summed E-state index contributed by atoms with van der Waals surface area (Å²) >= 11 is 0. The highest BCUT2D eigenvalue weighted by molar-refractivity contribution is 6.00. The second-order valence-corrected chi connectivity index (χ2v) is 7.85. The highest BCUT2D eigenvalue weighted by Gasteiger charge is 2.28. The molecule has 170 valence electrons. The summed E-state index contributed by atoms with van der Waals surface area (Å²) in [6.45, 7) is 2.04. The zero-order valence-electron chi connectivity index (χ0n) is 18.4. The summed E-state index contributed by atoms with van der Waals surface area (Å²) in [6, 6.07) is 24.3. The maximum atomic E-state index is 13.1. The van der Waals surface area contributed by atoms with Gasteiger partial charge in [0, 0.05) is 11.8 Å². The lowest BCUT2D eigenvalue weighted by molar-refractivity contribution is -0.131. The van der Waals surface area contributed by atoms with Crippen LogP contribution in [0.4, 0.5) is 0 Å². The van der Waals surface area contributed by atoms with E-state index in [-0.39, 0.29) is 6.61 Å². The smallest absolute Gasteiger partial charge is 0.283 e. The second kappa shape index (κ2) is 9.11. The van der Waals surface area contributed by atoms with Crippen molar-refractivity contribution in [3.05, 3.63) is 96.2 Å². The van der Waals surface area contributed by atoms with Crippen molar-refractivity contribution in [1.82, 2.24) is 20.6 Å². The van der Waals surface area contributed by atoms with Crippen LogP contribution in [0.3, 0.4) is 0 Å². The molecule has 0 bridgehead atoms. The van der Waals surface area contributed by atoms with Crippen LogP contribution in [0.2, 0.25) is 0 Å². The molecule has 2 N–H and O–H groups in total. The molecule has 5 rings (SSSR count). The van der Waals surface area contributed by atoms with Gasteiger partial charge in [0.2, 0.25) is 6.10 Å². The molecule has 1 aliphatic rings. The number of hydrogen-bond donors (Lipinski definition) is 2. The third-order valence-corrected chi connectivity index (χ3v) is 5.40. The van der Waals surface area contributed by atoms with Crippen molar-refractivity contribution in [3.63, 3.8) is 0 Å². The average Bonchev–Trinajstić information content (AvgIpc) is 3.33. The molecule has 0 spiro atoms. The van der Waals surface area contributed by atoms with Gasteiger partial charge in [0.1, 0.15) is 12.3 Å². The number of para-hydroxylation sites is 2. The fourth-order valence-electron chi connectivity index (χ4n) is 3.59. The molecule has 1 aromatic heterocycles. The summed E-state index contributed by atoms with van der Waals surface area (Å²) < 4.78 is 12.9. The Bertz CT molecular complexity index is 1330. The van der Waals surface area contributed by atoms with Gasteiger partial charge in [-0.25, -0.2) is 4.68 Å². The van der Waals surface area contributed by atoms with E-state index in [1.165, 1.54) is 0 Å². The summed E-state index contributed by atoms with van der Waals surface area (Å²) in [4.78, 5) is 25.7. The lowest BCUT2D eigenvalue weighted by atomic mass is 10.1. The number of aromatic nitrogens is 2. The van der Waals surface area contributed by atoms with Crippen LogP contribution in [0.25, 0.3) is 16.9 Å². The van der Waals surface area contributed by atoms with Gasteiger partial charge in [0.15, 0.2) is 11.5 Å². The third kappa shape index (κ3) is 4.33. The molecule has 1 aliphatic heterocycles. The Morgan fingerprint density at radius 2 is 1.62 bits per heavy atom. The largest absolute Gasteiger partial charge is 0.485 e. The number of hydrazine groups is 1. The minimum Gasteiger partial charge on any atom is -0.485 e. The van der Waals surface area contributed by atoms with Gasteiger partial charge >= 0.3 is 0 Å². The van der Waals surface area contributed by atoms with Crippen molar-refractivity contribution in [1.29, 1.82) is 0 Å². The third-order valence-electron chi connectivity index (χ3n) is 5.40. The van der Waals surface area contributed by atoms with Crippen molar-refractivity contribution in [2.75, 3.05) is 6.61 Å². The van der Waals surface area contributed by atoms with Gasteiger partial charge in [-0.2, -0.15) is 5.10 Å². The van der Waals surface area contributed by atoms with E-state index in [1.807, 2.05) is 67.6 Å². The van der Waals surface area contributed by atoms with Gasteiger partial charge in [-0.3, -0.25) is 20.4 Å². The fraction of sp³-hybridized carbons (Fsp3) is 0.115. The number of ether oxygens (including phenoxy) is 2. The molecule has 3 aromatic carbocycles. The molecule has 0 radical (unpaired) electrons. The summed E-state index contributed by atoms with van der Waals surface area (Å²) in [5, 5.41) is 4.64. The van der Waals surface area contributed by atoms with Crippen LogP contribution in [0, 0.1) is 6.92 Å². The minimum atomic E-state index is -0.890. The van der Waals surface area contributed by atoms with Gasteiger partial charge in [0.25, 0.3) is 11.8 Å². The topological polar surface area (TPSA) is 94.5 Å². The predicted molar refractivity (Wildman–Crippen MR) is 126 cm³/mol. The van der Waals surface area contributed by atoms with Gasteiger partial charge in [0.05, 0.1) is 11.3 Å². The molecule has 1 atom stereocenters. The molecular weight excluding hydrogens is 432 g/mol.